The second-order valence-electron chi connectivity index (χ2n) is 2.67. The van der Waals surface area contributed by atoms with E-state index in [2.05, 4.69) is 0 Å². The Morgan fingerprint density at radius 2 is 2.17 bits per heavy atom. The molecule has 0 atom stereocenters. The number of anilines is 1. The Kier molecular flexibility index (Phi) is 2.53. The Balaban J connectivity index is 2.95. The van der Waals surface area contributed by atoms with E-state index >= 15 is 0 Å². The van der Waals surface area contributed by atoms with Crippen LogP contribution in [0, 0.1) is 0 Å². The highest BCUT2D eigenvalue weighted by atomic mass is 16.2. The summed E-state index contributed by atoms with van der Waals surface area (Å²) in [6.07, 6.45) is 0. The van der Waals surface area contributed by atoms with Crippen LogP contribution in [0.1, 0.15) is 6.92 Å². The van der Waals surface area contributed by atoms with E-state index in [0.717, 1.165) is 5.69 Å². The number of benzene rings is 1. The van der Waals surface area contributed by atoms with E-state index in [0.29, 0.717) is 5.46 Å². The van der Waals surface area contributed by atoms with Gasteiger partial charge >= 0.3 is 0 Å². The molecule has 0 fully saturated rings. The second-order valence-corrected chi connectivity index (χ2v) is 2.67. The van der Waals surface area contributed by atoms with Gasteiger partial charge in [-0.3, -0.25) is 4.79 Å². The van der Waals surface area contributed by atoms with Crippen LogP contribution in [0.25, 0.3) is 0 Å². The number of amides is 1. The number of hydrogen-bond acceptors (Lipinski definition) is 1. The second kappa shape index (κ2) is 3.43. The molecule has 1 amide bonds. The van der Waals surface area contributed by atoms with Gasteiger partial charge in [-0.05, 0) is 12.1 Å². The van der Waals surface area contributed by atoms with Gasteiger partial charge in [0.05, 0.1) is 0 Å². The third-order valence-electron chi connectivity index (χ3n) is 1.73. The third-order valence-corrected chi connectivity index (χ3v) is 1.73. The molecule has 2 nitrogen and oxygen atoms in total. The molecule has 0 spiro atoms. The van der Waals surface area contributed by atoms with Crippen molar-refractivity contribution in [1.82, 2.24) is 0 Å². The van der Waals surface area contributed by atoms with E-state index in [1.807, 2.05) is 12.1 Å². The first kappa shape index (κ1) is 8.85. The maximum Gasteiger partial charge on any atom is 0.223 e. The van der Waals surface area contributed by atoms with Gasteiger partial charge in [0.2, 0.25) is 5.91 Å². The number of nitrogens with zero attached hydrogens (tertiary/aromatic N) is 1. The molecule has 0 saturated carbocycles. The van der Waals surface area contributed by atoms with Gasteiger partial charge in [-0.25, -0.2) is 0 Å². The van der Waals surface area contributed by atoms with E-state index in [4.69, 9.17) is 7.85 Å². The molecular formula is C9H10BNO. The van der Waals surface area contributed by atoms with E-state index in [-0.39, 0.29) is 5.91 Å². The molecule has 1 rings (SSSR count). The third kappa shape index (κ3) is 1.88. The monoisotopic (exact) mass is 159 g/mol. The van der Waals surface area contributed by atoms with E-state index in [1.165, 1.54) is 6.92 Å². The van der Waals surface area contributed by atoms with Crippen molar-refractivity contribution in [1.29, 1.82) is 0 Å². The van der Waals surface area contributed by atoms with Gasteiger partial charge in [0.15, 0.2) is 0 Å². The zero-order chi connectivity index (χ0) is 9.14. The first-order chi connectivity index (χ1) is 5.61. The van der Waals surface area contributed by atoms with Gasteiger partial charge in [-0.1, -0.05) is 17.6 Å². The molecule has 2 radical (unpaired) electrons. The zero-order valence-corrected chi connectivity index (χ0v) is 7.24. The van der Waals surface area contributed by atoms with Crippen molar-refractivity contribution >= 4 is 24.9 Å². The minimum absolute atomic E-state index is 0.000556. The van der Waals surface area contributed by atoms with Gasteiger partial charge < -0.3 is 4.90 Å². The Morgan fingerprint density at radius 1 is 1.50 bits per heavy atom. The maximum atomic E-state index is 10.9. The molecule has 0 aliphatic carbocycles. The van der Waals surface area contributed by atoms with Crippen molar-refractivity contribution in [2.75, 3.05) is 11.9 Å². The van der Waals surface area contributed by atoms with Crippen molar-refractivity contribution < 1.29 is 4.79 Å². The van der Waals surface area contributed by atoms with Crippen LogP contribution in [0.4, 0.5) is 5.69 Å². The fourth-order valence-corrected chi connectivity index (χ4v) is 0.915. The molecular weight excluding hydrogens is 149 g/mol. The van der Waals surface area contributed by atoms with Gasteiger partial charge in [0.25, 0.3) is 0 Å². The SMILES string of the molecule is [B]c1cccc(N(C)C(C)=O)c1. The molecule has 12 heavy (non-hydrogen) atoms. The van der Waals surface area contributed by atoms with Crippen LogP contribution in [0.3, 0.4) is 0 Å². The molecule has 0 unspecified atom stereocenters. The minimum atomic E-state index is 0.000556. The van der Waals surface area contributed by atoms with Gasteiger partial charge in [0, 0.05) is 19.7 Å². The summed E-state index contributed by atoms with van der Waals surface area (Å²) in [5.74, 6) is 0.000556. The van der Waals surface area contributed by atoms with Crippen LogP contribution in [0.15, 0.2) is 24.3 Å². The summed E-state index contributed by atoms with van der Waals surface area (Å²) in [6.45, 7) is 1.52. The fourth-order valence-electron chi connectivity index (χ4n) is 0.915. The molecule has 3 heteroatoms. The Hall–Kier alpha value is -1.25. The average Bonchev–Trinajstić information content (AvgIpc) is 2.03. The van der Waals surface area contributed by atoms with Gasteiger partial charge in [-0.15, -0.1) is 0 Å². The lowest BCUT2D eigenvalue weighted by Gasteiger charge is -2.15. The summed E-state index contributed by atoms with van der Waals surface area (Å²) in [7, 11) is 7.28. The molecule has 60 valence electrons. The van der Waals surface area contributed by atoms with Crippen LogP contribution >= 0.6 is 0 Å². The zero-order valence-electron chi connectivity index (χ0n) is 7.24. The first-order valence-electron chi connectivity index (χ1n) is 3.71. The molecule has 0 aromatic heterocycles. The smallest absolute Gasteiger partial charge is 0.223 e. The van der Waals surface area contributed by atoms with Crippen LogP contribution in [0.5, 0.6) is 0 Å². The molecule has 1 aromatic rings. The van der Waals surface area contributed by atoms with Crippen molar-refractivity contribution in [3.8, 4) is 0 Å². The molecule has 0 aliphatic rings. The molecule has 0 saturated heterocycles. The van der Waals surface area contributed by atoms with Crippen molar-refractivity contribution in [3.05, 3.63) is 24.3 Å². The van der Waals surface area contributed by atoms with Crippen LogP contribution in [-0.4, -0.2) is 20.8 Å². The summed E-state index contributed by atoms with van der Waals surface area (Å²) in [5.41, 5.74) is 1.49. The van der Waals surface area contributed by atoms with Crippen LogP contribution in [-0.2, 0) is 4.79 Å². The standard InChI is InChI=1S/C9H10BNO/c1-7(12)11(2)9-5-3-4-8(10)6-9/h3-6H,1-2H3. The maximum absolute atomic E-state index is 10.9. The predicted octanol–water partition coefficient (Wildman–Crippen LogP) is 0.463. The summed E-state index contributed by atoms with van der Waals surface area (Å²) in [4.78, 5) is 12.5. The predicted molar refractivity (Wildman–Crippen MR) is 50.9 cm³/mol. The summed E-state index contributed by atoms with van der Waals surface area (Å²) in [5, 5.41) is 0. The molecule has 0 N–H and O–H groups in total. The number of carbonyl (C=O) groups is 1. The van der Waals surface area contributed by atoms with Crippen LogP contribution < -0.4 is 10.4 Å². The Labute approximate surface area is 73.6 Å². The normalized spacial score (nSPS) is 9.50. The average molecular weight is 159 g/mol. The van der Waals surface area contributed by atoms with E-state index in [1.54, 1.807) is 24.1 Å². The van der Waals surface area contributed by atoms with Crippen molar-refractivity contribution in [2.24, 2.45) is 0 Å². The summed E-state index contributed by atoms with van der Waals surface area (Å²) < 4.78 is 0. The lowest BCUT2D eigenvalue weighted by Crippen LogP contribution is -2.23. The van der Waals surface area contributed by atoms with Crippen molar-refractivity contribution in [3.63, 3.8) is 0 Å². The first-order valence-corrected chi connectivity index (χ1v) is 3.71. The van der Waals surface area contributed by atoms with E-state index in [9.17, 15) is 4.79 Å². The fraction of sp³-hybridized carbons (Fsp3) is 0.222. The van der Waals surface area contributed by atoms with Gasteiger partial charge in [-0.2, -0.15) is 0 Å². The Morgan fingerprint density at radius 3 is 2.67 bits per heavy atom. The summed E-state index contributed by atoms with van der Waals surface area (Å²) in [6, 6.07) is 7.22. The van der Waals surface area contributed by atoms with E-state index < -0.39 is 0 Å². The number of rotatable bonds is 1. The highest BCUT2D eigenvalue weighted by molar-refractivity contribution is 6.32. The molecule has 0 heterocycles. The van der Waals surface area contributed by atoms with Crippen LogP contribution in [0.2, 0.25) is 0 Å². The lowest BCUT2D eigenvalue weighted by atomic mass is 9.96. The molecule has 1 aromatic carbocycles. The number of hydrogen-bond donors (Lipinski definition) is 0. The molecule has 0 aliphatic heterocycles. The molecule has 0 bridgehead atoms. The number of carbonyl (C=O) groups excluding carboxylic acids is 1. The quantitative estimate of drug-likeness (QED) is 0.545. The largest absolute Gasteiger partial charge is 0.316 e. The Bertz CT molecular complexity index is 298. The highest BCUT2D eigenvalue weighted by Gasteiger charge is 2.03. The van der Waals surface area contributed by atoms with Crippen molar-refractivity contribution in [2.45, 2.75) is 6.92 Å². The highest BCUT2D eigenvalue weighted by Crippen LogP contribution is 2.08. The summed E-state index contributed by atoms with van der Waals surface area (Å²) >= 11 is 0. The topological polar surface area (TPSA) is 20.3 Å². The lowest BCUT2D eigenvalue weighted by molar-refractivity contribution is -0.116. The van der Waals surface area contributed by atoms with Gasteiger partial charge in [0.1, 0.15) is 7.85 Å². The minimum Gasteiger partial charge on any atom is -0.316 e.